The maximum Gasteiger partial charge on any atom is 0.331 e. The molecule has 7 heteroatoms. The van der Waals surface area contributed by atoms with Crippen LogP contribution < -0.4 is 14.8 Å². The molecule has 0 atom stereocenters. The van der Waals surface area contributed by atoms with Gasteiger partial charge in [-0.2, -0.15) is 0 Å². The van der Waals surface area contributed by atoms with Crippen molar-refractivity contribution in [2.75, 3.05) is 25.1 Å². The van der Waals surface area contributed by atoms with E-state index < -0.39 is 18.5 Å². The zero-order valence-electron chi connectivity index (χ0n) is 13.7. The Morgan fingerprint density at radius 1 is 1.12 bits per heavy atom. The van der Waals surface area contributed by atoms with E-state index >= 15 is 0 Å². The lowest BCUT2D eigenvalue weighted by molar-refractivity contribution is -0.142. The number of benzene rings is 2. The molecule has 0 bridgehead atoms. The molecule has 3 rings (SSSR count). The van der Waals surface area contributed by atoms with Crippen molar-refractivity contribution in [3.63, 3.8) is 0 Å². The molecule has 0 unspecified atom stereocenters. The van der Waals surface area contributed by atoms with E-state index in [0.717, 1.165) is 0 Å². The van der Waals surface area contributed by atoms with Crippen LogP contribution in [0.4, 0.5) is 5.69 Å². The first-order valence-corrected chi connectivity index (χ1v) is 8.28. The maximum atomic E-state index is 11.9. The van der Waals surface area contributed by atoms with Gasteiger partial charge in [0.05, 0.1) is 0 Å². The molecule has 0 radical (unpaired) electrons. The molecule has 0 saturated carbocycles. The number of nitrogens with one attached hydrogen (secondary N) is 1. The van der Waals surface area contributed by atoms with Gasteiger partial charge in [-0.1, -0.05) is 29.8 Å². The van der Waals surface area contributed by atoms with E-state index in [1.165, 1.54) is 12.2 Å². The van der Waals surface area contributed by atoms with E-state index in [2.05, 4.69) is 5.32 Å². The normalized spacial score (nSPS) is 12.7. The molecule has 1 N–H and O–H groups in total. The number of halogens is 1. The van der Waals surface area contributed by atoms with Crippen molar-refractivity contribution >= 4 is 35.2 Å². The van der Waals surface area contributed by atoms with Crippen molar-refractivity contribution in [2.24, 2.45) is 0 Å². The molecular weight excluding hydrogens is 358 g/mol. The highest BCUT2D eigenvalue weighted by atomic mass is 35.5. The summed E-state index contributed by atoms with van der Waals surface area (Å²) in [5, 5.41) is 3.15. The van der Waals surface area contributed by atoms with Crippen LogP contribution in [-0.4, -0.2) is 31.7 Å². The molecule has 0 saturated heterocycles. The van der Waals surface area contributed by atoms with Crippen LogP contribution >= 0.6 is 11.6 Å². The second-order valence-electron chi connectivity index (χ2n) is 5.37. The second-order valence-corrected chi connectivity index (χ2v) is 5.78. The van der Waals surface area contributed by atoms with Crippen molar-refractivity contribution in [2.45, 2.75) is 0 Å². The first-order chi connectivity index (χ1) is 12.6. The van der Waals surface area contributed by atoms with E-state index in [0.29, 0.717) is 41.0 Å². The van der Waals surface area contributed by atoms with Crippen molar-refractivity contribution in [3.8, 4) is 11.5 Å². The SMILES string of the molecule is O=C(COC(=O)C=Cc1ccccc1Cl)Nc1ccc2c(c1)OCCO2. The third-order valence-electron chi connectivity index (χ3n) is 3.48. The average molecular weight is 374 g/mol. The minimum Gasteiger partial charge on any atom is -0.486 e. The summed E-state index contributed by atoms with van der Waals surface area (Å²) in [6.45, 7) is 0.552. The van der Waals surface area contributed by atoms with Gasteiger partial charge in [0.2, 0.25) is 0 Å². The lowest BCUT2D eigenvalue weighted by Gasteiger charge is -2.18. The van der Waals surface area contributed by atoms with Gasteiger partial charge in [0, 0.05) is 22.9 Å². The van der Waals surface area contributed by atoms with E-state index in [-0.39, 0.29) is 0 Å². The van der Waals surface area contributed by atoms with Gasteiger partial charge in [0.25, 0.3) is 5.91 Å². The summed E-state index contributed by atoms with van der Waals surface area (Å²) in [6.07, 6.45) is 2.75. The Balaban J connectivity index is 1.49. The monoisotopic (exact) mass is 373 g/mol. The van der Waals surface area contributed by atoms with Crippen LogP contribution in [0, 0.1) is 0 Å². The Morgan fingerprint density at radius 2 is 1.88 bits per heavy atom. The number of esters is 1. The number of hydrogen-bond donors (Lipinski definition) is 1. The number of carbonyl (C=O) groups excluding carboxylic acids is 2. The van der Waals surface area contributed by atoms with Crippen molar-refractivity contribution in [1.82, 2.24) is 0 Å². The summed E-state index contributed by atoms with van der Waals surface area (Å²) >= 11 is 5.99. The third-order valence-corrected chi connectivity index (χ3v) is 3.82. The van der Waals surface area contributed by atoms with Crippen molar-refractivity contribution < 1.29 is 23.8 Å². The summed E-state index contributed by atoms with van der Waals surface area (Å²) in [7, 11) is 0. The predicted molar refractivity (Wildman–Crippen MR) is 97.5 cm³/mol. The van der Waals surface area contributed by atoms with Crippen LogP contribution in [0.25, 0.3) is 6.08 Å². The van der Waals surface area contributed by atoms with Gasteiger partial charge in [0.15, 0.2) is 18.1 Å². The predicted octanol–water partition coefficient (Wildman–Crippen LogP) is 3.31. The molecule has 134 valence electrons. The zero-order chi connectivity index (χ0) is 18.4. The fraction of sp³-hybridized carbons (Fsp3) is 0.158. The number of hydrogen-bond acceptors (Lipinski definition) is 5. The molecule has 0 spiro atoms. The lowest BCUT2D eigenvalue weighted by atomic mass is 10.2. The summed E-state index contributed by atoms with van der Waals surface area (Å²) in [4.78, 5) is 23.6. The fourth-order valence-electron chi connectivity index (χ4n) is 2.27. The molecule has 26 heavy (non-hydrogen) atoms. The molecule has 0 fully saturated rings. The highest BCUT2D eigenvalue weighted by Gasteiger charge is 2.13. The average Bonchev–Trinajstić information content (AvgIpc) is 2.65. The van der Waals surface area contributed by atoms with Gasteiger partial charge in [-0.05, 0) is 29.8 Å². The summed E-state index contributed by atoms with van der Waals surface area (Å²) in [5.74, 6) is 0.0996. The Labute approximate surface area is 155 Å². The third kappa shape index (κ3) is 4.77. The first kappa shape index (κ1) is 17.8. The molecule has 2 aromatic rings. The summed E-state index contributed by atoms with van der Waals surface area (Å²) < 4.78 is 15.8. The minimum absolute atomic E-state index is 0.403. The molecule has 1 amide bonds. The minimum atomic E-state index is -0.637. The summed E-state index contributed by atoms with van der Waals surface area (Å²) in [5.41, 5.74) is 1.22. The standard InChI is InChI=1S/C19H16ClNO5/c20-15-4-2-1-3-13(15)5-8-19(23)26-12-18(22)21-14-6-7-16-17(11-14)25-10-9-24-16/h1-8,11H,9-10,12H2,(H,21,22). The second kappa shape index (κ2) is 8.40. The zero-order valence-corrected chi connectivity index (χ0v) is 14.5. The van der Waals surface area contributed by atoms with Crippen LogP contribution in [0.1, 0.15) is 5.56 Å². The molecule has 0 aliphatic carbocycles. The van der Waals surface area contributed by atoms with Gasteiger partial charge < -0.3 is 19.5 Å². The number of amides is 1. The highest BCUT2D eigenvalue weighted by molar-refractivity contribution is 6.32. The number of ether oxygens (including phenoxy) is 3. The van der Waals surface area contributed by atoms with Gasteiger partial charge in [-0.25, -0.2) is 4.79 Å². The number of rotatable bonds is 5. The van der Waals surface area contributed by atoms with Crippen LogP contribution in [-0.2, 0) is 14.3 Å². The largest absolute Gasteiger partial charge is 0.486 e. The Hall–Kier alpha value is -2.99. The Kier molecular flexibility index (Phi) is 5.76. The molecule has 0 aromatic heterocycles. The maximum absolute atomic E-state index is 11.9. The Morgan fingerprint density at radius 3 is 2.69 bits per heavy atom. The van der Waals surface area contributed by atoms with E-state index in [1.807, 2.05) is 0 Å². The molecule has 1 heterocycles. The topological polar surface area (TPSA) is 73.9 Å². The molecule has 1 aliphatic rings. The van der Waals surface area contributed by atoms with Crippen molar-refractivity contribution in [1.29, 1.82) is 0 Å². The van der Waals surface area contributed by atoms with Gasteiger partial charge in [-0.15, -0.1) is 0 Å². The van der Waals surface area contributed by atoms with Crippen LogP contribution in [0.3, 0.4) is 0 Å². The lowest BCUT2D eigenvalue weighted by Crippen LogP contribution is -2.20. The van der Waals surface area contributed by atoms with Crippen molar-refractivity contribution in [3.05, 3.63) is 59.1 Å². The van der Waals surface area contributed by atoms with Gasteiger partial charge in [-0.3, -0.25) is 4.79 Å². The number of carbonyl (C=O) groups is 2. The summed E-state index contributed by atoms with van der Waals surface area (Å²) in [6, 6.07) is 12.1. The van der Waals surface area contributed by atoms with Crippen LogP contribution in [0.5, 0.6) is 11.5 Å². The Bertz CT molecular complexity index is 850. The van der Waals surface area contributed by atoms with Crippen LogP contribution in [0.2, 0.25) is 5.02 Å². The van der Waals surface area contributed by atoms with E-state index in [9.17, 15) is 9.59 Å². The quantitative estimate of drug-likeness (QED) is 0.643. The molecule has 2 aromatic carbocycles. The number of anilines is 1. The first-order valence-electron chi connectivity index (χ1n) is 7.91. The van der Waals surface area contributed by atoms with Gasteiger partial charge >= 0.3 is 5.97 Å². The van der Waals surface area contributed by atoms with E-state index in [1.54, 1.807) is 42.5 Å². The highest BCUT2D eigenvalue weighted by Crippen LogP contribution is 2.32. The number of fused-ring (bicyclic) bond motifs is 1. The fourth-order valence-corrected chi connectivity index (χ4v) is 2.47. The molecular formula is C19H16ClNO5. The molecule has 1 aliphatic heterocycles. The van der Waals surface area contributed by atoms with Crippen LogP contribution in [0.15, 0.2) is 48.5 Å². The smallest absolute Gasteiger partial charge is 0.331 e. The van der Waals surface area contributed by atoms with E-state index in [4.69, 9.17) is 25.8 Å². The van der Waals surface area contributed by atoms with Gasteiger partial charge in [0.1, 0.15) is 13.2 Å². The molecule has 6 nitrogen and oxygen atoms in total.